The third-order valence-electron chi connectivity index (χ3n) is 3.71. The van der Waals surface area contributed by atoms with Crippen LogP contribution in [0.2, 0.25) is 0 Å². The van der Waals surface area contributed by atoms with Gasteiger partial charge in [0.25, 0.3) is 0 Å². The predicted molar refractivity (Wildman–Crippen MR) is 73.3 cm³/mol. The Labute approximate surface area is 108 Å². The molecule has 0 bridgehead atoms. The molecule has 98 valence electrons. The van der Waals surface area contributed by atoms with Crippen LogP contribution in [0, 0.1) is 6.92 Å². The van der Waals surface area contributed by atoms with Crippen molar-refractivity contribution in [1.82, 2.24) is 0 Å². The largest absolute Gasteiger partial charge is 0.394 e. The summed E-state index contributed by atoms with van der Waals surface area (Å²) in [5.74, 6) is 0. The second kappa shape index (κ2) is 6.01. The molecule has 1 N–H and O–H groups in total. The van der Waals surface area contributed by atoms with Crippen LogP contribution in [0.15, 0.2) is 18.2 Å². The summed E-state index contributed by atoms with van der Waals surface area (Å²) >= 11 is 0. The van der Waals surface area contributed by atoms with E-state index in [1.807, 2.05) is 25.1 Å². The summed E-state index contributed by atoms with van der Waals surface area (Å²) in [7, 11) is 0. The highest BCUT2D eigenvalue weighted by Gasteiger charge is 2.22. The molecule has 1 heterocycles. The molecule has 0 amide bonds. The van der Waals surface area contributed by atoms with Crippen molar-refractivity contribution < 1.29 is 9.90 Å². The Morgan fingerprint density at radius 2 is 2.22 bits per heavy atom. The smallest absolute Gasteiger partial charge is 0.152 e. The van der Waals surface area contributed by atoms with E-state index in [1.165, 1.54) is 6.42 Å². The molecule has 1 atom stereocenters. The number of benzene rings is 1. The van der Waals surface area contributed by atoms with Crippen LogP contribution < -0.4 is 4.90 Å². The molecule has 3 heteroatoms. The number of carbonyl (C=O) groups excluding carboxylic acids is 1. The first-order valence-electron chi connectivity index (χ1n) is 6.69. The van der Waals surface area contributed by atoms with Gasteiger partial charge in [-0.05, 0) is 31.9 Å². The lowest BCUT2D eigenvalue weighted by atomic mass is 10.1. The highest BCUT2D eigenvalue weighted by atomic mass is 16.3. The van der Waals surface area contributed by atoms with Gasteiger partial charge < -0.3 is 10.0 Å². The molecule has 3 nitrogen and oxygen atoms in total. The minimum atomic E-state index is 0.147. The molecule has 0 radical (unpaired) electrons. The molecular formula is C15H21NO2. The fourth-order valence-electron chi connectivity index (χ4n) is 2.71. The van der Waals surface area contributed by atoms with Crippen molar-refractivity contribution in [2.45, 2.75) is 38.6 Å². The molecule has 18 heavy (non-hydrogen) atoms. The molecule has 1 aromatic carbocycles. The molecule has 1 saturated heterocycles. The minimum absolute atomic E-state index is 0.147. The van der Waals surface area contributed by atoms with E-state index >= 15 is 0 Å². The fraction of sp³-hybridized carbons (Fsp3) is 0.533. The third-order valence-corrected chi connectivity index (χ3v) is 3.71. The first-order chi connectivity index (χ1) is 8.76. The summed E-state index contributed by atoms with van der Waals surface area (Å²) < 4.78 is 0. The first kappa shape index (κ1) is 13.1. The monoisotopic (exact) mass is 247 g/mol. The maximum absolute atomic E-state index is 11.2. The van der Waals surface area contributed by atoms with Crippen molar-refractivity contribution >= 4 is 12.0 Å². The number of aliphatic hydroxyl groups excluding tert-OH is 1. The number of rotatable bonds is 3. The van der Waals surface area contributed by atoms with Gasteiger partial charge in [-0.15, -0.1) is 0 Å². The van der Waals surface area contributed by atoms with E-state index in [1.54, 1.807) is 0 Å². The number of hydrogen-bond donors (Lipinski definition) is 1. The van der Waals surface area contributed by atoms with Crippen molar-refractivity contribution in [2.75, 3.05) is 18.1 Å². The average Bonchev–Trinajstić information content (AvgIpc) is 2.63. The molecule has 1 aromatic rings. The van der Waals surface area contributed by atoms with E-state index in [0.717, 1.165) is 48.9 Å². The SMILES string of the molecule is Cc1ccc(N2CCCCCC2CO)c(C=O)c1. The number of anilines is 1. The lowest BCUT2D eigenvalue weighted by Crippen LogP contribution is -2.38. The normalized spacial score (nSPS) is 20.6. The van der Waals surface area contributed by atoms with Crippen molar-refractivity contribution in [3.05, 3.63) is 29.3 Å². The van der Waals surface area contributed by atoms with Gasteiger partial charge in [-0.3, -0.25) is 4.79 Å². The van der Waals surface area contributed by atoms with Gasteiger partial charge in [-0.25, -0.2) is 0 Å². The van der Waals surface area contributed by atoms with Gasteiger partial charge in [-0.2, -0.15) is 0 Å². The third kappa shape index (κ3) is 2.72. The summed E-state index contributed by atoms with van der Waals surface area (Å²) in [6.45, 7) is 3.07. The van der Waals surface area contributed by atoms with Crippen molar-refractivity contribution in [3.63, 3.8) is 0 Å². The minimum Gasteiger partial charge on any atom is -0.394 e. The molecule has 0 spiro atoms. The molecule has 1 aliphatic heterocycles. The molecule has 2 rings (SSSR count). The van der Waals surface area contributed by atoms with E-state index in [2.05, 4.69) is 4.90 Å². The van der Waals surface area contributed by atoms with Crippen molar-refractivity contribution in [3.8, 4) is 0 Å². The number of hydrogen-bond acceptors (Lipinski definition) is 3. The van der Waals surface area contributed by atoms with Crippen LogP contribution in [0.5, 0.6) is 0 Å². The van der Waals surface area contributed by atoms with Gasteiger partial charge in [0.2, 0.25) is 0 Å². The Morgan fingerprint density at radius 1 is 1.39 bits per heavy atom. The summed E-state index contributed by atoms with van der Waals surface area (Å²) in [6, 6.07) is 6.10. The van der Waals surface area contributed by atoms with Gasteiger partial charge in [-0.1, -0.05) is 24.5 Å². The van der Waals surface area contributed by atoms with Gasteiger partial charge in [0, 0.05) is 17.8 Å². The van der Waals surface area contributed by atoms with Crippen LogP contribution >= 0.6 is 0 Å². The lowest BCUT2D eigenvalue weighted by molar-refractivity contribution is 0.112. The van der Waals surface area contributed by atoms with E-state index in [9.17, 15) is 9.90 Å². The van der Waals surface area contributed by atoms with Crippen LogP contribution in [0.25, 0.3) is 0 Å². The Bertz CT molecular complexity index is 417. The highest BCUT2D eigenvalue weighted by Crippen LogP contribution is 2.27. The van der Waals surface area contributed by atoms with Crippen LogP contribution in [0.1, 0.15) is 41.6 Å². The number of aldehydes is 1. The predicted octanol–water partition coefficient (Wildman–Crippen LogP) is 2.55. The molecule has 1 unspecified atom stereocenters. The summed E-state index contributed by atoms with van der Waals surface area (Å²) in [4.78, 5) is 13.4. The molecule has 0 aliphatic carbocycles. The van der Waals surface area contributed by atoms with Crippen LogP contribution in [0.3, 0.4) is 0 Å². The number of carbonyl (C=O) groups is 1. The zero-order valence-electron chi connectivity index (χ0n) is 10.9. The van der Waals surface area contributed by atoms with Crippen LogP contribution in [-0.4, -0.2) is 30.6 Å². The van der Waals surface area contributed by atoms with Crippen LogP contribution in [-0.2, 0) is 0 Å². The number of aryl methyl sites for hydroxylation is 1. The number of nitrogens with zero attached hydrogens (tertiary/aromatic N) is 1. The van der Waals surface area contributed by atoms with Gasteiger partial charge in [0.15, 0.2) is 6.29 Å². The zero-order valence-corrected chi connectivity index (χ0v) is 10.9. The molecule has 1 aliphatic rings. The first-order valence-corrected chi connectivity index (χ1v) is 6.69. The van der Waals surface area contributed by atoms with Gasteiger partial charge in [0.05, 0.1) is 12.6 Å². The van der Waals surface area contributed by atoms with E-state index in [4.69, 9.17) is 0 Å². The average molecular weight is 247 g/mol. The summed E-state index contributed by atoms with van der Waals surface area (Å²) in [5, 5.41) is 9.54. The fourth-order valence-corrected chi connectivity index (χ4v) is 2.71. The summed E-state index contributed by atoms with van der Waals surface area (Å²) in [6.07, 6.45) is 5.41. The zero-order chi connectivity index (χ0) is 13.0. The van der Waals surface area contributed by atoms with E-state index in [0.29, 0.717) is 0 Å². The molecule has 1 fully saturated rings. The van der Waals surface area contributed by atoms with Gasteiger partial charge >= 0.3 is 0 Å². The molecule has 0 aromatic heterocycles. The summed E-state index contributed by atoms with van der Waals surface area (Å²) in [5.41, 5.74) is 2.79. The van der Waals surface area contributed by atoms with E-state index in [-0.39, 0.29) is 12.6 Å². The standard InChI is InChI=1S/C15H21NO2/c1-12-6-7-15(13(9-12)10-17)16-8-4-2-3-5-14(16)11-18/h6-7,9-10,14,18H,2-5,8,11H2,1H3. The quantitative estimate of drug-likeness (QED) is 0.834. The van der Waals surface area contributed by atoms with Crippen molar-refractivity contribution in [1.29, 1.82) is 0 Å². The Balaban J connectivity index is 2.35. The number of aliphatic hydroxyl groups is 1. The Hall–Kier alpha value is -1.35. The van der Waals surface area contributed by atoms with Crippen LogP contribution in [0.4, 0.5) is 5.69 Å². The topological polar surface area (TPSA) is 40.5 Å². The highest BCUT2D eigenvalue weighted by molar-refractivity contribution is 5.85. The van der Waals surface area contributed by atoms with Crippen molar-refractivity contribution in [2.24, 2.45) is 0 Å². The van der Waals surface area contributed by atoms with Gasteiger partial charge in [0.1, 0.15) is 0 Å². The Kier molecular flexibility index (Phi) is 4.37. The van der Waals surface area contributed by atoms with E-state index < -0.39 is 0 Å². The molecule has 0 saturated carbocycles. The Morgan fingerprint density at radius 3 is 2.94 bits per heavy atom. The molecular weight excluding hydrogens is 226 g/mol. The maximum atomic E-state index is 11.2. The lowest BCUT2D eigenvalue weighted by Gasteiger charge is -2.32. The second-order valence-corrected chi connectivity index (χ2v) is 5.06. The maximum Gasteiger partial charge on any atom is 0.152 e. The second-order valence-electron chi connectivity index (χ2n) is 5.06.